The second-order valence-corrected chi connectivity index (χ2v) is 8.82. The van der Waals surface area contributed by atoms with Gasteiger partial charge < -0.3 is 24.0 Å². The second-order valence-electron chi connectivity index (χ2n) is 7.43. The zero-order chi connectivity index (χ0) is 21.8. The monoisotopic (exact) mass is 463 g/mol. The van der Waals surface area contributed by atoms with Crippen molar-refractivity contribution >= 4 is 40.6 Å². The number of thioether (sulfide) groups is 1. The minimum absolute atomic E-state index is 0.00802. The number of hydrogen-bond acceptors (Lipinski definition) is 7. The van der Waals surface area contributed by atoms with E-state index in [1.807, 2.05) is 35.4 Å². The third-order valence-electron chi connectivity index (χ3n) is 5.41. The van der Waals surface area contributed by atoms with Crippen LogP contribution in [0, 0.1) is 0 Å². The Hall–Kier alpha value is -2.32. The summed E-state index contributed by atoms with van der Waals surface area (Å²) in [6.45, 7) is 2.60. The van der Waals surface area contributed by atoms with E-state index in [0.29, 0.717) is 37.0 Å². The third-order valence-corrected chi connectivity index (χ3v) is 6.30. The zero-order valence-electron chi connectivity index (χ0n) is 17.7. The van der Waals surface area contributed by atoms with Crippen molar-refractivity contribution in [2.45, 2.75) is 18.9 Å². The lowest BCUT2D eigenvalue weighted by Gasteiger charge is -2.31. The van der Waals surface area contributed by atoms with E-state index in [9.17, 15) is 4.79 Å². The highest BCUT2D eigenvalue weighted by atomic mass is 35.5. The molecule has 2 aromatic rings. The van der Waals surface area contributed by atoms with Gasteiger partial charge in [-0.15, -0.1) is 0 Å². The number of benzene rings is 1. The Kier molecular flexibility index (Phi) is 6.97. The molecule has 4 rings (SSSR count). The Morgan fingerprint density at radius 1 is 1.35 bits per heavy atom. The topological polar surface area (TPSA) is 64.1 Å². The average molecular weight is 464 g/mol. The third kappa shape index (κ3) is 4.96. The van der Waals surface area contributed by atoms with Crippen LogP contribution in [0.5, 0.6) is 17.4 Å². The first kappa shape index (κ1) is 21.9. The number of anilines is 2. The van der Waals surface area contributed by atoms with Gasteiger partial charge in [-0.1, -0.05) is 11.6 Å². The number of halogens is 1. The maximum atomic E-state index is 12.3. The number of likely N-dealkylation sites (tertiary alicyclic amines) is 1. The first-order valence-corrected chi connectivity index (χ1v) is 12.0. The fourth-order valence-corrected chi connectivity index (χ4v) is 4.46. The van der Waals surface area contributed by atoms with Gasteiger partial charge in [-0.25, -0.2) is 4.98 Å². The van der Waals surface area contributed by atoms with Crippen LogP contribution < -0.4 is 19.1 Å². The lowest BCUT2D eigenvalue weighted by Crippen LogP contribution is -2.31. The van der Waals surface area contributed by atoms with Crippen molar-refractivity contribution in [2.24, 2.45) is 0 Å². The standard InChI is InChI=1S/C22H26ClN3O4S/c1-28-22-18(23)11-15(13-24-22)26-8-9-29-20-4-3-16(12-19(20)26)30-17-5-7-25(14-17)21(27)6-10-31-2/h3-4,11-13,17H,5-10,14H2,1-2H3. The summed E-state index contributed by atoms with van der Waals surface area (Å²) in [5, 5.41) is 0.456. The molecule has 0 radical (unpaired) electrons. The van der Waals surface area contributed by atoms with Crippen molar-refractivity contribution in [1.29, 1.82) is 0 Å². The molecule has 1 unspecified atom stereocenters. The number of fused-ring (bicyclic) bond motifs is 1. The summed E-state index contributed by atoms with van der Waals surface area (Å²) >= 11 is 7.98. The fourth-order valence-electron chi connectivity index (χ4n) is 3.84. The maximum Gasteiger partial charge on any atom is 0.232 e. The first-order valence-electron chi connectivity index (χ1n) is 10.3. The van der Waals surface area contributed by atoms with Crippen molar-refractivity contribution in [3.63, 3.8) is 0 Å². The number of nitrogens with zero attached hydrogens (tertiary/aromatic N) is 3. The minimum Gasteiger partial charge on any atom is -0.490 e. The van der Waals surface area contributed by atoms with Gasteiger partial charge in [0.15, 0.2) is 0 Å². The molecule has 0 saturated carbocycles. The highest BCUT2D eigenvalue weighted by Gasteiger charge is 2.28. The summed E-state index contributed by atoms with van der Waals surface area (Å²) in [4.78, 5) is 20.6. The first-order chi connectivity index (χ1) is 15.1. The molecule has 166 valence electrons. The molecule has 1 amide bonds. The molecule has 0 spiro atoms. The number of aromatic nitrogens is 1. The van der Waals surface area contributed by atoms with E-state index in [2.05, 4.69) is 9.88 Å². The smallest absolute Gasteiger partial charge is 0.232 e. The van der Waals surface area contributed by atoms with E-state index in [0.717, 1.165) is 41.6 Å². The number of pyridine rings is 1. The zero-order valence-corrected chi connectivity index (χ0v) is 19.2. The Labute approximate surface area is 191 Å². The normalized spacial score (nSPS) is 17.8. The minimum atomic E-state index is -0.00802. The van der Waals surface area contributed by atoms with Gasteiger partial charge in [0.1, 0.15) is 29.2 Å². The van der Waals surface area contributed by atoms with Crippen LogP contribution in [0.4, 0.5) is 11.4 Å². The molecule has 1 fully saturated rings. The lowest BCUT2D eigenvalue weighted by atomic mass is 10.2. The molecule has 1 aromatic carbocycles. The largest absolute Gasteiger partial charge is 0.490 e. The van der Waals surface area contributed by atoms with Crippen molar-refractivity contribution in [2.75, 3.05) is 50.3 Å². The van der Waals surface area contributed by atoms with E-state index in [-0.39, 0.29) is 12.0 Å². The summed E-state index contributed by atoms with van der Waals surface area (Å²) in [5.74, 6) is 2.99. The molecule has 1 atom stereocenters. The van der Waals surface area contributed by atoms with Crippen LogP contribution in [-0.2, 0) is 4.79 Å². The Morgan fingerprint density at radius 3 is 3.00 bits per heavy atom. The molecule has 0 N–H and O–H groups in total. The SMILES string of the molecule is COc1ncc(N2CCOc3ccc(OC4CCN(C(=O)CCSC)C4)cc32)cc1Cl. The lowest BCUT2D eigenvalue weighted by molar-refractivity contribution is -0.129. The van der Waals surface area contributed by atoms with Crippen LogP contribution in [0.2, 0.25) is 5.02 Å². The number of carbonyl (C=O) groups excluding carboxylic acids is 1. The van der Waals surface area contributed by atoms with E-state index < -0.39 is 0 Å². The van der Waals surface area contributed by atoms with Crippen LogP contribution in [0.1, 0.15) is 12.8 Å². The molecule has 9 heteroatoms. The van der Waals surface area contributed by atoms with Gasteiger partial charge >= 0.3 is 0 Å². The maximum absolute atomic E-state index is 12.3. The van der Waals surface area contributed by atoms with Crippen LogP contribution in [0.3, 0.4) is 0 Å². The molecule has 0 bridgehead atoms. The summed E-state index contributed by atoms with van der Waals surface area (Å²) in [6, 6.07) is 7.65. The number of hydrogen-bond donors (Lipinski definition) is 0. The summed E-state index contributed by atoms with van der Waals surface area (Å²) in [6.07, 6.45) is 5.16. The molecule has 31 heavy (non-hydrogen) atoms. The second kappa shape index (κ2) is 9.87. The van der Waals surface area contributed by atoms with Gasteiger partial charge in [0.2, 0.25) is 11.8 Å². The summed E-state index contributed by atoms with van der Waals surface area (Å²) in [7, 11) is 1.54. The highest BCUT2D eigenvalue weighted by molar-refractivity contribution is 7.98. The molecule has 1 aromatic heterocycles. The average Bonchev–Trinajstić information content (AvgIpc) is 3.25. The number of rotatable bonds is 7. The molecule has 2 aliphatic heterocycles. The Bertz CT molecular complexity index is 945. The number of ether oxygens (including phenoxy) is 3. The van der Waals surface area contributed by atoms with Crippen molar-refractivity contribution in [3.05, 3.63) is 35.5 Å². The van der Waals surface area contributed by atoms with E-state index in [1.54, 1.807) is 25.1 Å². The quantitative estimate of drug-likeness (QED) is 0.614. The fraction of sp³-hybridized carbons (Fsp3) is 0.455. The molecule has 2 aliphatic rings. The van der Waals surface area contributed by atoms with Crippen molar-refractivity contribution in [1.82, 2.24) is 9.88 Å². The molecule has 1 saturated heterocycles. The summed E-state index contributed by atoms with van der Waals surface area (Å²) < 4.78 is 17.2. The molecular formula is C22H26ClN3O4S. The predicted molar refractivity (Wildman–Crippen MR) is 123 cm³/mol. The molecular weight excluding hydrogens is 438 g/mol. The van der Waals surface area contributed by atoms with Gasteiger partial charge in [0, 0.05) is 31.2 Å². The summed E-state index contributed by atoms with van der Waals surface area (Å²) in [5.41, 5.74) is 1.76. The van der Waals surface area contributed by atoms with Gasteiger partial charge in [-0.05, 0) is 24.5 Å². The van der Waals surface area contributed by atoms with Crippen molar-refractivity contribution in [3.8, 4) is 17.4 Å². The van der Waals surface area contributed by atoms with Crippen LogP contribution in [0.25, 0.3) is 0 Å². The van der Waals surface area contributed by atoms with Crippen LogP contribution in [0.15, 0.2) is 30.5 Å². The van der Waals surface area contributed by atoms with E-state index >= 15 is 0 Å². The van der Waals surface area contributed by atoms with E-state index in [4.69, 9.17) is 25.8 Å². The Morgan fingerprint density at radius 2 is 2.23 bits per heavy atom. The van der Waals surface area contributed by atoms with Gasteiger partial charge in [0.05, 0.1) is 37.8 Å². The molecule has 3 heterocycles. The Balaban J connectivity index is 1.48. The van der Waals surface area contributed by atoms with Crippen molar-refractivity contribution < 1.29 is 19.0 Å². The highest BCUT2D eigenvalue weighted by Crippen LogP contribution is 2.40. The van der Waals surface area contributed by atoms with Crippen LogP contribution in [-0.4, -0.2) is 67.3 Å². The molecule has 7 nitrogen and oxygen atoms in total. The van der Waals surface area contributed by atoms with Gasteiger partial charge in [-0.2, -0.15) is 11.8 Å². The van der Waals surface area contributed by atoms with E-state index in [1.165, 1.54) is 0 Å². The van der Waals surface area contributed by atoms with Gasteiger partial charge in [-0.3, -0.25) is 4.79 Å². The molecule has 0 aliphatic carbocycles. The van der Waals surface area contributed by atoms with Crippen LogP contribution >= 0.6 is 23.4 Å². The predicted octanol–water partition coefficient (Wildman–Crippen LogP) is 4.01. The number of amides is 1. The number of carbonyl (C=O) groups is 1. The van der Waals surface area contributed by atoms with Gasteiger partial charge in [0.25, 0.3) is 0 Å². The number of methoxy groups -OCH3 is 1.